The first-order valence-electron chi connectivity index (χ1n) is 7.02. The SMILES string of the molecule is COc1cc(C)c(C)cc1CCN(C)CCCCO. The molecule has 0 unspecified atom stereocenters. The molecule has 0 atom stereocenters. The average Bonchev–Trinajstić information content (AvgIpc) is 2.40. The van der Waals surface area contributed by atoms with Crippen LogP contribution in [0.25, 0.3) is 0 Å². The van der Waals surface area contributed by atoms with Gasteiger partial charge >= 0.3 is 0 Å². The summed E-state index contributed by atoms with van der Waals surface area (Å²) >= 11 is 0. The number of unbranched alkanes of at least 4 members (excludes halogenated alkanes) is 1. The molecule has 0 radical (unpaired) electrons. The fourth-order valence-electron chi connectivity index (χ4n) is 2.15. The van der Waals surface area contributed by atoms with Crippen LogP contribution in [0.1, 0.15) is 29.5 Å². The van der Waals surface area contributed by atoms with E-state index < -0.39 is 0 Å². The van der Waals surface area contributed by atoms with Crippen LogP contribution < -0.4 is 4.74 Å². The number of hydrogen-bond donors (Lipinski definition) is 1. The molecule has 0 aliphatic rings. The van der Waals surface area contributed by atoms with Gasteiger partial charge in [0.1, 0.15) is 5.75 Å². The topological polar surface area (TPSA) is 32.7 Å². The number of methoxy groups -OCH3 is 1. The standard InChI is InChI=1S/C16H27NO2/c1-13-11-15(16(19-4)12-14(13)2)7-9-17(3)8-5-6-10-18/h11-12,18H,5-10H2,1-4H3. The van der Waals surface area contributed by atoms with E-state index >= 15 is 0 Å². The number of ether oxygens (including phenoxy) is 1. The van der Waals surface area contributed by atoms with Gasteiger partial charge < -0.3 is 14.7 Å². The summed E-state index contributed by atoms with van der Waals surface area (Å²) in [4.78, 5) is 2.31. The lowest BCUT2D eigenvalue weighted by atomic mass is 10.0. The third-order valence-corrected chi connectivity index (χ3v) is 3.61. The summed E-state index contributed by atoms with van der Waals surface area (Å²) in [6.07, 6.45) is 2.94. The van der Waals surface area contributed by atoms with E-state index in [0.29, 0.717) is 6.61 Å². The van der Waals surface area contributed by atoms with Crippen LogP contribution in [-0.2, 0) is 6.42 Å². The van der Waals surface area contributed by atoms with Gasteiger partial charge in [-0.05, 0) is 69.5 Å². The van der Waals surface area contributed by atoms with Gasteiger partial charge in [-0.2, -0.15) is 0 Å². The van der Waals surface area contributed by atoms with E-state index in [1.165, 1.54) is 16.7 Å². The van der Waals surface area contributed by atoms with Gasteiger partial charge in [0.2, 0.25) is 0 Å². The predicted molar refractivity (Wildman–Crippen MR) is 80.0 cm³/mol. The van der Waals surface area contributed by atoms with Crippen molar-refractivity contribution in [1.82, 2.24) is 4.90 Å². The maximum absolute atomic E-state index is 8.78. The van der Waals surface area contributed by atoms with Crippen LogP contribution in [0, 0.1) is 13.8 Å². The Morgan fingerprint density at radius 1 is 1.11 bits per heavy atom. The number of hydrogen-bond acceptors (Lipinski definition) is 3. The minimum atomic E-state index is 0.290. The third kappa shape index (κ3) is 5.21. The van der Waals surface area contributed by atoms with Crippen LogP contribution in [0.15, 0.2) is 12.1 Å². The van der Waals surface area contributed by atoms with Gasteiger partial charge in [-0.15, -0.1) is 0 Å². The van der Waals surface area contributed by atoms with E-state index in [2.05, 4.69) is 37.9 Å². The van der Waals surface area contributed by atoms with Gasteiger partial charge in [-0.25, -0.2) is 0 Å². The molecule has 1 aromatic rings. The smallest absolute Gasteiger partial charge is 0.122 e. The van der Waals surface area contributed by atoms with Crippen LogP contribution >= 0.6 is 0 Å². The first-order valence-corrected chi connectivity index (χ1v) is 7.02. The monoisotopic (exact) mass is 265 g/mol. The first kappa shape index (κ1) is 16.0. The summed E-state index contributed by atoms with van der Waals surface area (Å²) < 4.78 is 5.46. The zero-order valence-corrected chi connectivity index (χ0v) is 12.7. The fraction of sp³-hybridized carbons (Fsp3) is 0.625. The Morgan fingerprint density at radius 3 is 2.42 bits per heavy atom. The van der Waals surface area contributed by atoms with Gasteiger partial charge in [0, 0.05) is 13.2 Å². The molecule has 0 spiro atoms. The van der Waals surface area contributed by atoms with Crippen molar-refractivity contribution < 1.29 is 9.84 Å². The summed E-state index contributed by atoms with van der Waals surface area (Å²) in [7, 11) is 3.86. The lowest BCUT2D eigenvalue weighted by Crippen LogP contribution is -2.22. The van der Waals surface area contributed by atoms with E-state index in [1.807, 2.05) is 0 Å². The number of likely N-dealkylation sites (N-methyl/N-ethyl adjacent to an activating group) is 1. The van der Waals surface area contributed by atoms with Crippen LogP contribution in [0.3, 0.4) is 0 Å². The van der Waals surface area contributed by atoms with E-state index in [0.717, 1.165) is 38.1 Å². The number of aryl methyl sites for hydroxylation is 2. The minimum absolute atomic E-state index is 0.290. The van der Waals surface area contributed by atoms with Crippen molar-refractivity contribution in [2.24, 2.45) is 0 Å². The highest BCUT2D eigenvalue weighted by molar-refractivity contribution is 5.41. The molecule has 0 saturated heterocycles. The van der Waals surface area contributed by atoms with E-state index in [4.69, 9.17) is 9.84 Å². The van der Waals surface area contributed by atoms with Crippen molar-refractivity contribution in [3.63, 3.8) is 0 Å². The molecule has 0 aliphatic heterocycles. The molecule has 19 heavy (non-hydrogen) atoms. The second-order valence-corrected chi connectivity index (χ2v) is 5.23. The van der Waals surface area contributed by atoms with Crippen LogP contribution in [0.5, 0.6) is 5.75 Å². The van der Waals surface area contributed by atoms with Crippen molar-refractivity contribution in [3.05, 3.63) is 28.8 Å². The van der Waals surface area contributed by atoms with E-state index in [-0.39, 0.29) is 0 Å². The van der Waals surface area contributed by atoms with Crippen LogP contribution in [-0.4, -0.2) is 43.9 Å². The van der Waals surface area contributed by atoms with Gasteiger partial charge in [0.05, 0.1) is 7.11 Å². The number of aliphatic hydroxyl groups excluding tert-OH is 1. The van der Waals surface area contributed by atoms with Gasteiger partial charge in [-0.3, -0.25) is 0 Å². The summed E-state index contributed by atoms with van der Waals surface area (Å²) in [6, 6.07) is 4.35. The molecule has 108 valence electrons. The first-order chi connectivity index (χ1) is 9.08. The molecule has 1 aromatic carbocycles. The fourth-order valence-corrected chi connectivity index (χ4v) is 2.15. The molecule has 1 rings (SSSR count). The summed E-state index contributed by atoms with van der Waals surface area (Å²) in [5, 5.41) is 8.78. The van der Waals surface area contributed by atoms with E-state index in [1.54, 1.807) is 7.11 Å². The minimum Gasteiger partial charge on any atom is -0.496 e. The number of benzene rings is 1. The lowest BCUT2D eigenvalue weighted by Gasteiger charge is -2.18. The quantitative estimate of drug-likeness (QED) is 0.733. The van der Waals surface area contributed by atoms with Crippen molar-refractivity contribution in [1.29, 1.82) is 0 Å². The van der Waals surface area contributed by atoms with Crippen LogP contribution in [0.4, 0.5) is 0 Å². The van der Waals surface area contributed by atoms with Gasteiger partial charge in [-0.1, -0.05) is 6.07 Å². The molecule has 3 nitrogen and oxygen atoms in total. The van der Waals surface area contributed by atoms with Crippen LogP contribution in [0.2, 0.25) is 0 Å². The Bertz CT molecular complexity index is 391. The Hall–Kier alpha value is -1.06. The molecular formula is C16H27NO2. The number of aliphatic hydroxyl groups is 1. The second-order valence-electron chi connectivity index (χ2n) is 5.23. The maximum atomic E-state index is 8.78. The molecule has 0 aromatic heterocycles. The molecule has 0 heterocycles. The summed E-state index contributed by atoms with van der Waals surface area (Å²) in [5.74, 6) is 0.992. The molecule has 0 amide bonds. The summed E-state index contributed by atoms with van der Waals surface area (Å²) in [5.41, 5.74) is 3.87. The molecule has 1 N–H and O–H groups in total. The molecule has 0 bridgehead atoms. The van der Waals surface area contributed by atoms with Crippen molar-refractivity contribution in [3.8, 4) is 5.75 Å². The van der Waals surface area contributed by atoms with Gasteiger partial charge in [0.25, 0.3) is 0 Å². The lowest BCUT2D eigenvalue weighted by molar-refractivity contribution is 0.264. The summed E-state index contributed by atoms with van der Waals surface area (Å²) in [6.45, 7) is 6.60. The highest BCUT2D eigenvalue weighted by Gasteiger charge is 2.07. The van der Waals surface area contributed by atoms with Crippen molar-refractivity contribution in [2.45, 2.75) is 33.1 Å². The Morgan fingerprint density at radius 2 is 1.79 bits per heavy atom. The molecule has 0 aliphatic carbocycles. The predicted octanol–water partition coefficient (Wildman–Crippen LogP) is 2.56. The molecule has 0 saturated carbocycles. The Labute approximate surface area is 117 Å². The highest BCUT2D eigenvalue weighted by atomic mass is 16.5. The average molecular weight is 265 g/mol. The van der Waals surface area contributed by atoms with Crippen molar-refractivity contribution >= 4 is 0 Å². The largest absolute Gasteiger partial charge is 0.496 e. The Balaban J connectivity index is 2.54. The Kier molecular flexibility index (Phi) is 6.89. The van der Waals surface area contributed by atoms with Crippen molar-refractivity contribution in [2.75, 3.05) is 33.9 Å². The second kappa shape index (κ2) is 8.18. The molecular weight excluding hydrogens is 238 g/mol. The molecule has 0 fully saturated rings. The normalized spacial score (nSPS) is 11.1. The van der Waals surface area contributed by atoms with E-state index in [9.17, 15) is 0 Å². The highest BCUT2D eigenvalue weighted by Crippen LogP contribution is 2.23. The number of nitrogens with zero attached hydrogens (tertiary/aromatic N) is 1. The number of rotatable bonds is 8. The molecule has 3 heteroatoms. The third-order valence-electron chi connectivity index (χ3n) is 3.61. The van der Waals surface area contributed by atoms with Gasteiger partial charge in [0.15, 0.2) is 0 Å². The zero-order valence-electron chi connectivity index (χ0n) is 12.7. The maximum Gasteiger partial charge on any atom is 0.122 e. The zero-order chi connectivity index (χ0) is 14.3.